The van der Waals surface area contributed by atoms with Gasteiger partial charge >= 0.3 is 7.12 Å². The highest BCUT2D eigenvalue weighted by atomic mass is 32.1. The van der Waals surface area contributed by atoms with Crippen molar-refractivity contribution in [1.29, 1.82) is 0 Å². The molecule has 0 fully saturated rings. The van der Waals surface area contributed by atoms with Gasteiger partial charge in [-0.2, -0.15) is 0 Å². The minimum absolute atomic E-state index is 0.650. The molecule has 0 amide bonds. The lowest BCUT2D eigenvalue weighted by molar-refractivity contribution is 0.427. The van der Waals surface area contributed by atoms with Crippen molar-refractivity contribution < 1.29 is 10.0 Å². The molecule has 18 heavy (non-hydrogen) atoms. The molecule has 4 heteroatoms. The highest BCUT2D eigenvalue weighted by Gasteiger charge is 2.13. The zero-order valence-corrected chi connectivity index (χ0v) is 12.5. The van der Waals surface area contributed by atoms with Crippen LogP contribution in [0.4, 0.5) is 0 Å². The fraction of sp³-hybridized carbons (Fsp3) is 0.714. The minimum atomic E-state index is -1.31. The summed E-state index contributed by atoms with van der Waals surface area (Å²) < 4.78 is 0.650. The summed E-state index contributed by atoms with van der Waals surface area (Å²) >= 11 is 1.51. The summed E-state index contributed by atoms with van der Waals surface area (Å²) in [5.74, 6) is 1.57. The summed E-state index contributed by atoms with van der Waals surface area (Å²) in [5, 5.41) is 18.1. The Bertz CT molecular complexity index is 336. The van der Waals surface area contributed by atoms with E-state index in [0.717, 1.165) is 18.3 Å². The van der Waals surface area contributed by atoms with Gasteiger partial charge in [0, 0.05) is 9.65 Å². The second-order valence-corrected chi connectivity index (χ2v) is 6.85. The fourth-order valence-corrected chi connectivity index (χ4v) is 2.98. The molecule has 1 heterocycles. The van der Waals surface area contributed by atoms with Crippen LogP contribution in [0.25, 0.3) is 0 Å². The molecule has 2 nitrogen and oxygen atoms in total. The predicted octanol–water partition coefficient (Wildman–Crippen LogP) is 2.82. The summed E-state index contributed by atoms with van der Waals surface area (Å²) in [7, 11) is -1.31. The van der Waals surface area contributed by atoms with Crippen LogP contribution >= 0.6 is 11.3 Å². The maximum Gasteiger partial charge on any atom is 0.499 e. The van der Waals surface area contributed by atoms with Gasteiger partial charge in [0.2, 0.25) is 0 Å². The molecule has 0 aliphatic carbocycles. The van der Waals surface area contributed by atoms with Gasteiger partial charge in [0.1, 0.15) is 0 Å². The SMILES string of the molecule is CC(C)CCCC(C)CCc1ccc(B(O)O)s1. The molecule has 0 saturated heterocycles. The van der Waals surface area contributed by atoms with Gasteiger partial charge in [-0.15, -0.1) is 11.3 Å². The van der Waals surface area contributed by atoms with E-state index >= 15 is 0 Å². The Kier molecular flexibility index (Phi) is 6.98. The topological polar surface area (TPSA) is 40.5 Å². The standard InChI is InChI=1S/C14H25BO2S/c1-11(2)5-4-6-12(3)7-8-13-9-10-14(18-13)15(16)17/h9-12,16-17H,4-8H2,1-3H3. The maximum atomic E-state index is 9.05. The lowest BCUT2D eigenvalue weighted by Crippen LogP contribution is -2.26. The number of aryl methyl sites for hydroxylation is 1. The van der Waals surface area contributed by atoms with E-state index in [2.05, 4.69) is 20.8 Å². The summed E-state index contributed by atoms with van der Waals surface area (Å²) in [4.78, 5) is 1.26. The molecule has 0 bridgehead atoms. The molecule has 1 aromatic rings. The van der Waals surface area contributed by atoms with Crippen LogP contribution < -0.4 is 4.78 Å². The molecule has 1 atom stereocenters. The van der Waals surface area contributed by atoms with E-state index in [9.17, 15) is 0 Å². The van der Waals surface area contributed by atoms with Crippen LogP contribution in [0.15, 0.2) is 12.1 Å². The van der Waals surface area contributed by atoms with E-state index < -0.39 is 7.12 Å². The Balaban J connectivity index is 2.22. The third-order valence-electron chi connectivity index (χ3n) is 3.30. The van der Waals surface area contributed by atoms with Crippen molar-refractivity contribution in [2.45, 2.75) is 52.9 Å². The molecule has 0 spiro atoms. The van der Waals surface area contributed by atoms with Gasteiger partial charge < -0.3 is 10.0 Å². The van der Waals surface area contributed by atoms with Crippen molar-refractivity contribution in [3.05, 3.63) is 17.0 Å². The normalized spacial score (nSPS) is 13.0. The van der Waals surface area contributed by atoms with Gasteiger partial charge in [-0.3, -0.25) is 0 Å². The molecular weight excluding hydrogens is 243 g/mol. The molecule has 1 rings (SSSR count). The third-order valence-corrected chi connectivity index (χ3v) is 4.48. The largest absolute Gasteiger partial charge is 0.499 e. The monoisotopic (exact) mass is 268 g/mol. The Hall–Kier alpha value is -0.315. The van der Waals surface area contributed by atoms with E-state index in [1.165, 1.54) is 41.9 Å². The van der Waals surface area contributed by atoms with Crippen molar-refractivity contribution in [2.24, 2.45) is 11.8 Å². The second-order valence-electron chi connectivity index (χ2n) is 5.65. The number of hydrogen-bond acceptors (Lipinski definition) is 3. The van der Waals surface area contributed by atoms with Crippen LogP contribution in [0.1, 0.15) is 51.3 Å². The first-order chi connectivity index (χ1) is 8.49. The second kappa shape index (κ2) is 7.98. The summed E-state index contributed by atoms with van der Waals surface area (Å²) in [5.41, 5.74) is 0. The Morgan fingerprint density at radius 2 is 1.83 bits per heavy atom. The van der Waals surface area contributed by atoms with Crippen LogP contribution in [-0.2, 0) is 6.42 Å². The van der Waals surface area contributed by atoms with Gasteiger partial charge in [0.15, 0.2) is 0 Å². The van der Waals surface area contributed by atoms with E-state index in [0.29, 0.717) is 4.78 Å². The van der Waals surface area contributed by atoms with Gasteiger partial charge in [-0.1, -0.05) is 46.1 Å². The lowest BCUT2D eigenvalue weighted by atomic mass is 9.90. The predicted molar refractivity (Wildman–Crippen MR) is 80.3 cm³/mol. The van der Waals surface area contributed by atoms with Crippen LogP contribution in [0.5, 0.6) is 0 Å². The molecule has 1 unspecified atom stereocenters. The molecule has 0 radical (unpaired) electrons. The van der Waals surface area contributed by atoms with Crippen LogP contribution in [0.2, 0.25) is 0 Å². The average Bonchev–Trinajstić information content (AvgIpc) is 2.74. The van der Waals surface area contributed by atoms with Gasteiger partial charge in [0.05, 0.1) is 0 Å². The minimum Gasteiger partial charge on any atom is -0.423 e. The van der Waals surface area contributed by atoms with E-state index in [1.807, 2.05) is 12.1 Å². The quantitative estimate of drug-likeness (QED) is 0.712. The summed E-state index contributed by atoms with van der Waals surface area (Å²) in [6.45, 7) is 6.87. The van der Waals surface area contributed by atoms with Crippen LogP contribution in [0, 0.1) is 11.8 Å². The average molecular weight is 268 g/mol. The van der Waals surface area contributed by atoms with Crippen molar-refractivity contribution in [2.75, 3.05) is 0 Å². The lowest BCUT2D eigenvalue weighted by Gasteiger charge is -2.11. The van der Waals surface area contributed by atoms with Crippen LogP contribution in [0.3, 0.4) is 0 Å². The molecule has 0 aliphatic rings. The smallest absolute Gasteiger partial charge is 0.423 e. The van der Waals surface area contributed by atoms with Crippen LogP contribution in [-0.4, -0.2) is 17.2 Å². The molecule has 2 N–H and O–H groups in total. The van der Waals surface area contributed by atoms with E-state index in [1.54, 1.807) is 0 Å². The summed E-state index contributed by atoms with van der Waals surface area (Å²) in [6.07, 6.45) is 6.20. The first-order valence-electron chi connectivity index (χ1n) is 6.93. The molecular formula is C14H25BO2S. The first kappa shape index (κ1) is 15.7. The van der Waals surface area contributed by atoms with Crippen molar-refractivity contribution in [1.82, 2.24) is 0 Å². The van der Waals surface area contributed by atoms with E-state index in [4.69, 9.17) is 10.0 Å². The zero-order valence-electron chi connectivity index (χ0n) is 11.7. The molecule has 102 valence electrons. The summed E-state index contributed by atoms with van der Waals surface area (Å²) in [6, 6.07) is 3.83. The molecule has 0 aliphatic heterocycles. The third kappa shape index (κ3) is 6.03. The Morgan fingerprint density at radius 1 is 1.11 bits per heavy atom. The number of rotatable bonds is 8. The highest BCUT2D eigenvalue weighted by molar-refractivity contribution is 7.22. The molecule has 0 aromatic carbocycles. The van der Waals surface area contributed by atoms with Gasteiger partial charge in [-0.25, -0.2) is 0 Å². The number of thiophene rings is 1. The molecule has 1 aromatic heterocycles. The maximum absolute atomic E-state index is 9.05. The van der Waals surface area contributed by atoms with Gasteiger partial charge in [0.25, 0.3) is 0 Å². The van der Waals surface area contributed by atoms with Crippen molar-refractivity contribution in [3.8, 4) is 0 Å². The van der Waals surface area contributed by atoms with E-state index in [-0.39, 0.29) is 0 Å². The Labute approximate surface area is 115 Å². The zero-order chi connectivity index (χ0) is 13.5. The fourth-order valence-electron chi connectivity index (χ4n) is 2.08. The van der Waals surface area contributed by atoms with Crippen molar-refractivity contribution in [3.63, 3.8) is 0 Å². The molecule has 0 saturated carbocycles. The first-order valence-corrected chi connectivity index (χ1v) is 7.75. The van der Waals surface area contributed by atoms with Gasteiger partial charge in [-0.05, 0) is 30.7 Å². The van der Waals surface area contributed by atoms with Crippen molar-refractivity contribution >= 4 is 23.2 Å². The highest BCUT2D eigenvalue weighted by Crippen LogP contribution is 2.19. The Morgan fingerprint density at radius 3 is 2.39 bits per heavy atom. The number of hydrogen-bond donors (Lipinski definition) is 2.